The molecule has 2 atom stereocenters. The zero-order valence-corrected chi connectivity index (χ0v) is 18.3. The van der Waals surface area contributed by atoms with Crippen LogP contribution in [0.25, 0.3) is 0 Å². The van der Waals surface area contributed by atoms with Gasteiger partial charge >= 0.3 is 0 Å². The molecule has 30 heavy (non-hydrogen) atoms. The third-order valence-electron chi connectivity index (χ3n) is 4.84. The van der Waals surface area contributed by atoms with Gasteiger partial charge in [0, 0.05) is 36.8 Å². The lowest BCUT2D eigenvalue weighted by Crippen LogP contribution is -2.29. The standard InChI is InChI=1S/C20H20Cl2N4O3.ClH/c21-15-3-1-12(7-16(15)22)20-14(9-23-5-6-28-20)11-29-19-4-2-13(10-24-19)17-8-18(27)26-25-17;/h1-4,7,10,14,20,23H,5-6,8-9,11H2,(H,26,27);1H/t14-,20-;/m0./s1. The van der Waals surface area contributed by atoms with Crippen LogP contribution in [0.2, 0.25) is 10.0 Å². The summed E-state index contributed by atoms with van der Waals surface area (Å²) in [5.41, 5.74) is 4.88. The van der Waals surface area contributed by atoms with E-state index in [1.54, 1.807) is 18.3 Å². The molecule has 1 aromatic carbocycles. The Morgan fingerprint density at radius 3 is 2.77 bits per heavy atom. The Bertz CT molecular complexity index is 924. The van der Waals surface area contributed by atoms with Gasteiger partial charge in [-0.2, -0.15) is 5.10 Å². The number of halogens is 3. The maximum absolute atomic E-state index is 11.3. The van der Waals surface area contributed by atoms with E-state index >= 15 is 0 Å². The van der Waals surface area contributed by atoms with Crippen LogP contribution in [0.1, 0.15) is 23.7 Å². The Morgan fingerprint density at radius 2 is 2.07 bits per heavy atom. The highest BCUT2D eigenvalue weighted by Gasteiger charge is 2.27. The third kappa shape index (κ3) is 5.42. The first-order valence-corrected chi connectivity index (χ1v) is 10.1. The Morgan fingerprint density at radius 1 is 1.20 bits per heavy atom. The minimum absolute atomic E-state index is 0. The SMILES string of the molecule is Cl.O=C1CC(c2ccc(OC[C@@H]3CNCCO[C@H]3c3ccc(Cl)c(Cl)c3)nc2)=NN1. The summed E-state index contributed by atoms with van der Waals surface area (Å²) in [4.78, 5) is 15.6. The van der Waals surface area contributed by atoms with E-state index in [0.717, 1.165) is 24.2 Å². The van der Waals surface area contributed by atoms with Crippen LogP contribution in [0.4, 0.5) is 0 Å². The smallest absolute Gasteiger partial charge is 0.246 e. The number of hydrogen-bond donors (Lipinski definition) is 2. The van der Waals surface area contributed by atoms with Crippen LogP contribution in [0.3, 0.4) is 0 Å². The van der Waals surface area contributed by atoms with Gasteiger partial charge in [0.2, 0.25) is 11.8 Å². The predicted molar refractivity (Wildman–Crippen MR) is 118 cm³/mol. The van der Waals surface area contributed by atoms with Crippen molar-refractivity contribution in [1.29, 1.82) is 0 Å². The van der Waals surface area contributed by atoms with Crippen LogP contribution in [-0.2, 0) is 9.53 Å². The van der Waals surface area contributed by atoms with E-state index in [-0.39, 0.29) is 36.8 Å². The largest absolute Gasteiger partial charge is 0.477 e. The first-order chi connectivity index (χ1) is 14.1. The summed E-state index contributed by atoms with van der Waals surface area (Å²) in [5, 5.41) is 8.39. The summed E-state index contributed by atoms with van der Waals surface area (Å²) < 4.78 is 12.0. The second-order valence-electron chi connectivity index (χ2n) is 6.90. The molecule has 0 aliphatic carbocycles. The minimum atomic E-state index is -0.163. The number of pyridine rings is 1. The molecule has 1 amide bonds. The second-order valence-corrected chi connectivity index (χ2v) is 7.71. The van der Waals surface area contributed by atoms with E-state index in [0.29, 0.717) is 34.9 Å². The maximum atomic E-state index is 11.3. The quantitative estimate of drug-likeness (QED) is 0.698. The summed E-state index contributed by atoms with van der Waals surface area (Å²) in [6.07, 6.45) is 1.76. The highest BCUT2D eigenvalue weighted by atomic mass is 35.5. The Balaban J connectivity index is 0.00000256. The first-order valence-electron chi connectivity index (χ1n) is 9.32. The van der Waals surface area contributed by atoms with Crippen LogP contribution in [0.15, 0.2) is 41.6 Å². The number of carbonyl (C=O) groups is 1. The van der Waals surface area contributed by atoms with Crippen LogP contribution < -0.4 is 15.5 Å². The molecule has 2 aliphatic heterocycles. The number of hydrogen-bond acceptors (Lipinski definition) is 6. The van der Waals surface area contributed by atoms with Crippen molar-refractivity contribution in [2.45, 2.75) is 12.5 Å². The summed E-state index contributed by atoms with van der Waals surface area (Å²) in [6.45, 7) is 2.54. The van der Waals surface area contributed by atoms with E-state index in [1.165, 1.54) is 0 Å². The highest BCUT2D eigenvalue weighted by molar-refractivity contribution is 6.42. The molecule has 10 heteroatoms. The average Bonchev–Trinajstić information content (AvgIpc) is 3.02. The van der Waals surface area contributed by atoms with Gasteiger partial charge in [0.1, 0.15) is 0 Å². The third-order valence-corrected chi connectivity index (χ3v) is 5.58. The molecule has 7 nitrogen and oxygen atoms in total. The van der Waals surface area contributed by atoms with Crippen LogP contribution in [-0.4, -0.2) is 42.9 Å². The molecule has 0 saturated carbocycles. The number of aromatic nitrogens is 1. The predicted octanol–water partition coefficient (Wildman–Crippen LogP) is 3.39. The van der Waals surface area contributed by atoms with E-state index in [1.807, 2.05) is 18.2 Å². The lowest BCUT2D eigenvalue weighted by molar-refractivity contribution is -0.119. The number of carbonyl (C=O) groups excluding carboxylic acids is 1. The van der Waals surface area contributed by atoms with Gasteiger partial charge in [-0.15, -0.1) is 12.4 Å². The molecule has 1 saturated heterocycles. The van der Waals surface area contributed by atoms with E-state index in [9.17, 15) is 4.79 Å². The van der Waals surface area contributed by atoms with Crippen molar-refractivity contribution in [1.82, 2.24) is 15.7 Å². The fourth-order valence-electron chi connectivity index (χ4n) is 3.35. The zero-order chi connectivity index (χ0) is 20.2. The van der Waals surface area contributed by atoms with Gasteiger partial charge in [0.05, 0.1) is 41.5 Å². The van der Waals surface area contributed by atoms with Crippen molar-refractivity contribution in [3.05, 3.63) is 57.7 Å². The monoisotopic (exact) mass is 470 g/mol. The molecule has 2 aromatic rings. The number of benzene rings is 1. The molecule has 4 rings (SSSR count). The van der Waals surface area contributed by atoms with Gasteiger partial charge in [0.15, 0.2) is 0 Å². The van der Waals surface area contributed by atoms with E-state index in [4.69, 9.17) is 32.7 Å². The fourth-order valence-corrected chi connectivity index (χ4v) is 3.66. The molecular formula is C20H21Cl3N4O3. The molecule has 3 heterocycles. The number of hydrazone groups is 1. The number of nitrogens with one attached hydrogen (secondary N) is 2. The molecule has 1 fully saturated rings. The molecule has 160 valence electrons. The van der Waals surface area contributed by atoms with Gasteiger partial charge < -0.3 is 14.8 Å². The Kier molecular flexibility index (Phi) is 7.91. The molecule has 0 radical (unpaired) electrons. The van der Waals surface area contributed by atoms with Gasteiger partial charge in [0.25, 0.3) is 0 Å². The topological polar surface area (TPSA) is 84.8 Å². The van der Waals surface area contributed by atoms with E-state index < -0.39 is 0 Å². The van der Waals surface area contributed by atoms with Crippen molar-refractivity contribution in [3.8, 4) is 5.88 Å². The molecule has 2 aliphatic rings. The summed E-state index contributed by atoms with van der Waals surface area (Å²) in [6, 6.07) is 9.18. The lowest BCUT2D eigenvalue weighted by atomic mass is 9.96. The van der Waals surface area contributed by atoms with Crippen LogP contribution in [0, 0.1) is 5.92 Å². The molecule has 2 N–H and O–H groups in total. The number of ether oxygens (including phenoxy) is 2. The fraction of sp³-hybridized carbons (Fsp3) is 0.350. The normalized spacial score (nSPS) is 21.3. The van der Waals surface area contributed by atoms with E-state index in [2.05, 4.69) is 20.8 Å². The van der Waals surface area contributed by atoms with Crippen LogP contribution in [0.5, 0.6) is 5.88 Å². The maximum Gasteiger partial charge on any atom is 0.246 e. The van der Waals surface area contributed by atoms with Crippen molar-refractivity contribution in [2.75, 3.05) is 26.3 Å². The lowest BCUT2D eigenvalue weighted by Gasteiger charge is -2.25. The summed E-state index contributed by atoms with van der Waals surface area (Å²) in [5.74, 6) is 0.454. The molecule has 0 bridgehead atoms. The summed E-state index contributed by atoms with van der Waals surface area (Å²) >= 11 is 12.2. The molecule has 0 spiro atoms. The Hall–Kier alpha value is -1.90. The minimum Gasteiger partial charge on any atom is -0.477 e. The molecule has 1 aromatic heterocycles. The van der Waals surface area contributed by atoms with Gasteiger partial charge in [-0.1, -0.05) is 29.3 Å². The van der Waals surface area contributed by atoms with Crippen molar-refractivity contribution < 1.29 is 14.3 Å². The van der Waals surface area contributed by atoms with Crippen molar-refractivity contribution in [2.24, 2.45) is 11.0 Å². The van der Waals surface area contributed by atoms with Gasteiger partial charge in [-0.05, 0) is 23.8 Å². The molecular weight excluding hydrogens is 451 g/mol. The number of amides is 1. The number of rotatable bonds is 5. The zero-order valence-electron chi connectivity index (χ0n) is 15.9. The van der Waals surface area contributed by atoms with Crippen molar-refractivity contribution in [3.63, 3.8) is 0 Å². The van der Waals surface area contributed by atoms with Crippen molar-refractivity contribution >= 4 is 47.2 Å². The molecule has 0 unspecified atom stereocenters. The summed E-state index contributed by atoms with van der Waals surface area (Å²) in [7, 11) is 0. The van der Waals surface area contributed by atoms with Gasteiger partial charge in [-0.25, -0.2) is 10.4 Å². The van der Waals surface area contributed by atoms with Crippen LogP contribution >= 0.6 is 35.6 Å². The second kappa shape index (κ2) is 10.4. The number of nitrogens with zero attached hydrogens (tertiary/aromatic N) is 2. The Labute approximate surface area is 190 Å². The highest BCUT2D eigenvalue weighted by Crippen LogP contribution is 2.32. The first kappa shape index (κ1) is 22.8. The average molecular weight is 472 g/mol. The van der Waals surface area contributed by atoms with Gasteiger partial charge in [-0.3, -0.25) is 4.79 Å².